The van der Waals surface area contributed by atoms with Gasteiger partial charge in [0.05, 0.1) is 23.9 Å². The molecule has 0 fully saturated rings. The van der Waals surface area contributed by atoms with Gasteiger partial charge in [-0.25, -0.2) is 9.37 Å². The first kappa shape index (κ1) is 18.3. The second-order valence-corrected chi connectivity index (χ2v) is 5.63. The second kappa shape index (κ2) is 7.67. The standard InChI is InChI=1S/C19H20FN3O2/c1-5-19(3,6-2)23-18(24)13-9-8-12-21-17(13)22-14-10-7-11-15(25-4)16(14)20/h1,7-12H,6H2,2-4H3,(H,21,22)(H,23,24). The summed E-state index contributed by atoms with van der Waals surface area (Å²) in [7, 11) is 1.38. The van der Waals surface area contributed by atoms with Crippen LogP contribution in [-0.2, 0) is 0 Å². The molecule has 2 N–H and O–H groups in total. The van der Waals surface area contributed by atoms with Gasteiger partial charge in [0.15, 0.2) is 11.6 Å². The SMILES string of the molecule is C#CC(C)(CC)NC(=O)c1cccnc1Nc1cccc(OC)c1F. The number of methoxy groups -OCH3 is 1. The number of ether oxygens (including phenoxy) is 1. The molecule has 0 bridgehead atoms. The average Bonchev–Trinajstić information content (AvgIpc) is 2.63. The first-order valence-corrected chi connectivity index (χ1v) is 7.79. The fourth-order valence-corrected chi connectivity index (χ4v) is 2.13. The van der Waals surface area contributed by atoms with E-state index in [4.69, 9.17) is 11.2 Å². The van der Waals surface area contributed by atoms with Crippen LogP contribution >= 0.6 is 0 Å². The lowest BCUT2D eigenvalue weighted by atomic mass is 9.99. The normalized spacial score (nSPS) is 12.6. The van der Waals surface area contributed by atoms with Gasteiger partial charge in [-0.2, -0.15) is 0 Å². The Morgan fingerprint density at radius 3 is 2.80 bits per heavy atom. The molecule has 0 radical (unpaired) electrons. The zero-order valence-corrected chi connectivity index (χ0v) is 14.4. The molecule has 2 rings (SSSR count). The summed E-state index contributed by atoms with van der Waals surface area (Å²) in [5.74, 6) is 1.94. The lowest BCUT2D eigenvalue weighted by molar-refractivity contribution is 0.0924. The second-order valence-electron chi connectivity index (χ2n) is 5.63. The maximum absolute atomic E-state index is 14.3. The number of anilines is 2. The van der Waals surface area contributed by atoms with Crippen molar-refractivity contribution in [1.29, 1.82) is 0 Å². The summed E-state index contributed by atoms with van der Waals surface area (Å²) in [6.07, 6.45) is 7.58. The van der Waals surface area contributed by atoms with E-state index in [0.29, 0.717) is 6.42 Å². The van der Waals surface area contributed by atoms with Gasteiger partial charge in [0.2, 0.25) is 0 Å². The molecular formula is C19H20FN3O2. The number of carbonyl (C=O) groups is 1. The van der Waals surface area contributed by atoms with E-state index in [9.17, 15) is 9.18 Å². The summed E-state index contributed by atoms with van der Waals surface area (Å²) in [6.45, 7) is 3.64. The van der Waals surface area contributed by atoms with Gasteiger partial charge < -0.3 is 15.4 Å². The van der Waals surface area contributed by atoms with E-state index in [-0.39, 0.29) is 28.7 Å². The fraction of sp³-hybridized carbons (Fsp3) is 0.263. The molecule has 1 heterocycles. The van der Waals surface area contributed by atoms with Crippen molar-refractivity contribution in [3.8, 4) is 18.1 Å². The number of hydrogen-bond acceptors (Lipinski definition) is 4. The number of aromatic nitrogens is 1. The number of terminal acetylenes is 1. The van der Waals surface area contributed by atoms with Crippen LogP contribution in [0.5, 0.6) is 5.75 Å². The molecule has 0 saturated carbocycles. The minimum absolute atomic E-state index is 0.0952. The van der Waals surface area contributed by atoms with E-state index in [1.54, 1.807) is 25.1 Å². The molecule has 1 atom stereocenters. The van der Waals surface area contributed by atoms with Crippen LogP contribution in [0.3, 0.4) is 0 Å². The van der Waals surface area contributed by atoms with Crippen LogP contribution < -0.4 is 15.4 Å². The maximum atomic E-state index is 14.3. The van der Waals surface area contributed by atoms with Crippen molar-refractivity contribution in [3.63, 3.8) is 0 Å². The van der Waals surface area contributed by atoms with Gasteiger partial charge in [0, 0.05) is 6.20 Å². The van der Waals surface area contributed by atoms with E-state index in [2.05, 4.69) is 21.5 Å². The molecule has 0 aliphatic heterocycles. The number of halogens is 1. The molecule has 130 valence electrons. The van der Waals surface area contributed by atoms with Crippen LogP contribution in [0.25, 0.3) is 0 Å². The van der Waals surface area contributed by atoms with E-state index in [1.165, 1.54) is 25.4 Å². The minimum Gasteiger partial charge on any atom is -0.494 e. The van der Waals surface area contributed by atoms with Crippen molar-refractivity contribution in [2.75, 3.05) is 12.4 Å². The lowest BCUT2D eigenvalue weighted by Gasteiger charge is -2.24. The molecule has 0 saturated heterocycles. The van der Waals surface area contributed by atoms with Gasteiger partial charge in [0.25, 0.3) is 5.91 Å². The molecule has 5 nitrogen and oxygen atoms in total. The van der Waals surface area contributed by atoms with Gasteiger partial charge in [-0.05, 0) is 37.6 Å². The minimum atomic E-state index is -0.772. The summed E-state index contributed by atoms with van der Waals surface area (Å²) in [4.78, 5) is 16.7. The molecular weight excluding hydrogens is 321 g/mol. The van der Waals surface area contributed by atoms with Crippen LogP contribution in [0, 0.1) is 18.2 Å². The van der Waals surface area contributed by atoms with E-state index in [1.807, 2.05) is 6.92 Å². The highest BCUT2D eigenvalue weighted by molar-refractivity contribution is 6.00. The third-order valence-electron chi connectivity index (χ3n) is 3.90. The van der Waals surface area contributed by atoms with Gasteiger partial charge in [-0.3, -0.25) is 4.79 Å². The number of pyridine rings is 1. The van der Waals surface area contributed by atoms with Gasteiger partial charge in [-0.1, -0.05) is 18.9 Å². The van der Waals surface area contributed by atoms with Crippen molar-refractivity contribution in [3.05, 3.63) is 47.9 Å². The Balaban J connectivity index is 2.33. The number of nitrogens with one attached hydrogen (secondary N) is 2. The molecule has 6 heteroatoms. The largest absolute Gasteiger partial charge is 0.494 e. The van der Waals surface area contributed by atoms with Crippen LogP contribution in [0.1, 0.15) is 30.6 Å². The number of hydrogen-bond donors (Lipinski definition) is 2. The number of carbonyl (C=O) groups excluding carboxylic acids is 1. The first-order chi connectivity index (χ1) is 11.9. The molecule has 1 unspecified atom stereocenters. The predicted octanol–water partition coefficient (Wildman–Crippen LogP) is 3.50. The summed E-state index contributed by atoms with van der Waals surface area (Å²) in [5.41, 5.74) is -0.354. The quantitative estimate of drug-likeness (QED) is 0.790. The lowest BCUT2D eigenvalue weighted by Crippen LogP contribution is -2.44. The number of benzene rings is 1. The van der Waals surface area contributed by atoms with E-state index in [0.717, 1.165) is 0 Å². The molecule has 1 aromatic carbocycles. The van der Waals surface area contributed by atoms with Crippen LogP contribution in [-0.4, -0.2) is 23.5 Å². The monoisotopic (exact) mass is 341 g/mol. The molecule has 1 amide bonds. The van der Waals surface area contributed by atoms with Crippen molar-refractivity contribution < 1.29 is 13.9 Å². The highest BCUT2D eigenvalue weighted by atomic mass is 19.1. The molecule has 0 aliphatic rings. The molecule has 0 aliphatic carbocycles. The summed E-state index contributed by atoms with van der Waals surface area (Å²) in [6, 6.07) is 7.90. The first-order valence-electron chi connectivity index (χ1n) is 7.79. The van der Waals surface area contributed by atoms with Crippen LogP contribution in [0.15, 0.2) is 36.5 Å². The summed E-state index contributed by atoms with van der Waals surface area (Å²) >= 11 is 0. The number of nitrogens with zero attached hydrogens (tertiary/aromatic N) is 1. The molecule has 1 aromatic heterocycles. The highest BCUT2D eigenvalue weighted by Gasteiger charge is 2.24. The van der Waals surface area contributed by atoms with Crippen molar-refractivity contribution in [1.82, 2.24) is 10.3 Å². The number of amides is 1. The van der Waals surface area contributed by atoms with E-state index >= 15 is 0 Å². The predicted molar refractivity (Wildman–Crippen MR) is 95.5 cm³/mol. The molecule has 0 spiro atoms. The Kier molecular flexibility index (Phi) is 5.60. The Morgan fingerprint density at radius 1 is 1.40 bits per heavy atom. The van der Waals surface area contributed by atoms with Crippen molar-refractivity contribution in [2.24, 2.45) is 0 Å². The Labute approximate surface area is 146 Å². The third kappa shape index (κ3) is 4.07. The fourth-order valence-electron chi connectivity index (χ4n) is 2.13. The Hall–Kier alpha value is -3.07. The van der Waals surface area contributed by atoms with E-state index < -0.39 is 11.4 Å². The van der Waals surface area contributed by atoms with Crippen molar-refractivity contribution in [2.45, 2.75) is 25.8 Å². The Morgan fingerprint density at radius 2 is 2.16 bits per heavy atom. The third-order valence-corrected chi connectivity index (χ3v) is 3.90. The van der Waals surface area contributed by atoms with Gasteiger partial charge >= 0.3 is 0 Å². The zero-order chi connectivity index (χ0) is 18.4. The van der Waals surface area contributed by atoms with Gasteiger partial charge in [-0.15, -0.1) is 6.42 Å². The van der Waals surface area contributed by atoms with Crippen LogP contribution in [0.4, 0.5) is 15.9 Å². The number of rotatable bonds is 6. The summed E-state index contributed by atoms with van der Waals surface area (Å²) in [5, 5.41) is 5.64. The van der Waals surface area contributed by atoms with Crippen molar-refractivity contribution >= 4 is 17.4 Å². The highest BCUT2D eigenvalue weighted by Crippen LogP contribution is 2.27. The van der Waals surface area contributed by atoms with Crippen LogP contribution in [0.2, 0.25) is 0 Å². The average molecular weight is 341 g/mol. The maximum Gasteiger partial charge on any atom is 0.256 e. The molecule has 25 heavy (non-hydrogen) atoms. The topological polar surface area (TPSA) is 63.2 Å². The summed E-state index contributed by atoms with van der Waals surface area (Å²) < 4.78 is 19.3. The smallest absolute Gasteiger partial charge is 0.256 e. The zero-order valence-electron chi connectivity index (χ0n) is 14.4. The van der Waals surface area contributed by atoms with Gasteiger partial charge in [0.1, 0.15) is 5.82 Å². The molecule has 2 aromatic rings. The Bertz CT molecular complexity index is 817.